The monoisotopic (exact) mass is 374 g/mol. The van der Waals surface area contributed by atoms with Gasteiger partial charge in [0, 0.05) is 18.7 Å². The number of carbonyl (C=O) groups is 1. The van der Waals surface area contributed by atoms with E-state index in [2.05, 4.69) is 5.32 Å². The molecule has 5 nitrogen and oxygen atoms in total. The zero-order valence-electron chi connectivity index (χ0n) is 15.9. The Kier molecular flexibility index (Phi) is 6.21. The summed E-state index contributed by atoms with van der Waals surface area (Å²) in [6.45, 7) is 7.55. The van der Waals surface area contributed by atoms with E-state index in [0.29, 0.717) is 5.56 Å². The van der Waals surface area contributed by atoms with Crippen LogP contribution in [-0.2, 0) is 10.0 Å². The molecule has 0 saturated carbocycles. The molecule has 1 amide bonds. The van der Waals surface area contributed by atoms with Crippen molar-refractivity contribution in [1.82, 2.24) is 9.62 Å². The molecule has 140 valence electrons. The van der Waals surface area contributed by atoms with Crippen LogP contribution in [0.25, 0.3) is 0 Å². The lowest BCUT2D eigenvalue weighted by molar-refractivity contribution is 0.0939. The molecule has 1 N–H and O–H groups in total. The highest BCUT2D eigenvalue weighted by Crippen LogP contribution is 2.19. The van der Waals surface area contributed by atoms with Gasteiger partial charge in [-0.15, -0.1) is 0 Å². The molecule has 0 bridgehead atoms. The zero-order valence-corrected chi connectivity index (χ0v) is 16.7. The van der Waals surface area contributed by atoms with Gasteiger partial charge in [0.1, 0.15) is 0 Å². The summed E-state index contributed by atoms with van der Waals surface area (Å²) in [5, 5.41) is 2.95. The van der Waals surface area contributed by atoms with Crippen LogP contribution < -0.4 is 5.32 Å². The number of rotatable bonds is 6. The van der Waals surface area contributed by atoms with E-state index in [1.807, 2.05) is 52.0 Å². The van der Waals surface area contributed by atoms with Gasteiger partial charge in [0.05, 0.1) is 10.9 Å². The average molecular weight is 375 g/mol. The molecule has 0 aliphatic heterocycles. The fraction of sp³-hybridized carbons (Fsp3) is 0.350. The molecule has 0 radical (unpaired) electrons. The Morgan fingerprint density at radius 2 is 1.58 bits per heavy atom. The van der Waals surface area contributed by atoms with E-state index in [4.69, 9.17) is 0 Å². The molecule has 2 rings (SSSR count). The van der Waals surface area contributed by atoms with Gasteiger partial charge in [-0.2, -0.15) is 4.31 Å². The largest absolute Gasteiger partial charge is 0.346 e. The minimum atomic E-state index is -3.55. The summed E-state index contributed by atoms with van der Waals surface area (Å²) in [5.41, 5.74) is 2.59. The molecule has 6 heteroatoms. The van der Waals surface area contributed by atoms with Crippen molar-refractivity contribution in [3.63, 3.8) is 0 Å². The maximum atomic E-state index is 12.5. The number of hydrogen-bond donors (Lipinski definition) is 1. The van der Waals surface area contributed by atoms with Gasteiger partial charge in [-0.1, -0.05) is 24.3 Å². The van der Waals surface area contributed by atoms with Gasteiger partial charge in [0.25, 0.3) is 5.91 Å². The van der Waals surface area contributed by atoms with E-state index in [0.717, 1.165) is 11.1 Å². The predicted octanol–water partition coefficient (Wildman–Crippen LogP) is 3.51. The standard InChI is InChI=1S/C20H26N2O3S/c1-14(2)22(5)26(24,25)18-12-10-17(11-13-18)20(23)21-16(4)19-9-7-6-8-15(19)3/h6-14,16H,1-5H3,(H,21,23). The first kappa shape index (κ1) is 20.1. The third-order valence-corrected chi connectivity index (χ3v) is 6.57. The minimum absolute atomic E-state index is 0.140. The summed E-state index contributed by atoms with van der Waals surface area (Å²) in [7, 11) is -2.00. The summed E-state index contributed by atoms with van der Waals surface area (Å²) in [6, 6.07) is 13.6. The summed E-state index contributed by atoms with van der Waals surface area (Å²) in [4.78, 5) is 12.6. The van der Waals surface area contributed by atoms with Crippen LogP contribution in [0, 0.1) is 6.92 Å². The molecule has 2 aromatic rings. The van der Waals surface area contributed by atoms with E-state index in [-0.39, 0.29) is 22.9 Å². The van der Waals surface area contributed by atoms with Gasteiger partial charge in [-0.3, -0.25) is 4.79 Å². The Morgan fingerprint density at radius 1 is 1.00 bits per heavy atom. The molecule has 0 aliphatic rings. The number of nitrogens with zero attached hydrogens (tertiary/aromatic N) is 1. The van der Waals surface area contributed by atoms with Crippen LogP contribution in [0.1, 0.15) is 48.3 Å². The molecule has 0 fully saturated rings. The van der Waals surface area contributed by atoms with E-state index in [1.165, 1.54) is 16.4 Å². The molecule has 0 heterocycles. The first-order valence-electron chi connectivity index (χ1n) is 8.59. The second-order valence-corrected chi connectivity index (χ2v) is 8.69. The number of amides is 1. The highest BCUT2D eigenvalue weighted by Gasteiger charge is 2.23. The van der Waals surface area contributed by atoms with Gasteiger partial charge in [-0.25, -0.2) is 8.42 Å². The smallest absolute Gasteiger partial charge is 0.251 e. The summed E-state index contributed by atoms with van der Waals surface area (Å²) < 4.78 is 26.3. The van der Waals surface area contributed by atoms with Crippen molar-refractivity contribution in [1.29, 1.82) is 0 Å². The number of carbonyl (C=O) groups excluding carboxylic acids is 1. The van der Waals surface area contributed by atoms with E-state index >= 15 is 0 Å². The number of sulfonamides is 1. The first-order valence-corrected chi connectivity index (χ1v) is 10.0. The molecule has 0 aliphatic carbocycles. The van der Waals surface area contributed by atoms with E-state index in [1.54, 1.807) is 19.2 Å². The van der Waals surface area contributed by atoms with E-state index in [9.17, 15) is 13.2 Å². The molecule has 0 saturated heterocycles. The lowest BCUT2D eigenvalue weighted by atomic mass is 10.0. The minimum Gasteiger partial charge on any atom is -0.346 e. The number of hydrogen-bond acceptors (Lipinski definition) is 3. The molecule has 1 unspecified atom stereocenters. The van der Waals surface area contributed by atoms with Crippen LogP contribution in [0.2, 0.25) is 0 Å². The Balaban J connectivity index is 2.15. The second kappa shape index (κ2) is 8.01. The van der Waals surface area contributed by atoms with Crippen LogP contribution >= 0.6 is 0 Å². The Bertz CT molecular complexity index is 874. The van der Waals surface area contributed by atoms with Crippen molar-refractivity contribution >= 4 is 15.9 Å². The van der Waals surface area contributed by atoms with Crippen LogP contribution in [0.15, 0.2) is 53.4 Å². The Morgan fingerprint density at radius 3 is 2.12 bits per heavy atom. The lowest BCUT2D eigenvalue weighted by Crippen LogP contribution is -2.33. The van der Waals surface area contributed by atoms with Crippen molar-refractivity contribution in [2.24, 2.45) is 0 Å². The lowest BCUT2D eigenvalue weighted by Gasteiger charge is -2.21. The highest BCUT2D eigenvalue weighted by atomic mass is 32.2. The Hall–Kier alpha value is -2.18. The summed E-state index contributed by atoms with van der Waals surface area (Å²) in [6.07, 6.45) is 0. The number of benzene rings is 2. The molecule has 0 aromatic heterocycles. The van der Waals surface area contributed by atoms with Crippen LogP contribution in [0.3, 0.4) is 0 Å². The molecular weight excluding hydrogens is 348 g/mol. The molecule has 26 heavy (non-hydrogen) atoms. The first-order chi connectivity index (χ1) is 12.1. The van der Waals surface area contributed by atoms with Crippen molar-refractivity contribution < 1.29 is 13.2 Å². The van der Waals surface area contributed by atoms with Crippen molar-refractivity contribution in [3.8, 4) is 0 Å². The number of nitrogens with one attached hydrogen (secondary N) is 1. The highest BCUT2D eigenvalue weighted by molar-refractivity contribution is 7.89. The molecule has 0 spiro atoms. The van der Waals surface area contributed by atoms with Gasteiger partial charge in [0.15, 0.2) is 0 Å². The van der Waals surface area contributed by atoms with Crippen molar-refractivity contribution in [2.75, 3.05) is 7.05 Å². The van der Waals surface area contributed by atoms with Gasteiger partial charge >= 0.3 is 0 Å². The molecule has 1 atom stereocenters. The van der Waals surface area contributed by atoms with Crippen LogP contribution in [-0.4, -0.2) is 31.7 Å². The molecule has 2 aromatic carbocycles. The second-order valence-electron chi connectivity index (χ2n) is 6.69. The SMILES string of the molecule is Cc1ccccc1C(C)NC(=O)c1ccc(S(=O)(=O)N(C)C(C)C)cc1. The third kappa shape index (κ3) is 4.31. The zero-order chi connectivity index (χ0) is 19.5. The van der Waals surface area contributed by atoms with Gasteiger partial charge in [0.2, 0.25) is 10.0 Å². The fourth-order valence-corrected chi connectivity index (χ4v) is 4.02. The van der Waals surface area contributed by atoms with Crippen LogP contribution in [0.4, 0.5) is 0 Å². The Labute approximate surface area is 156 Å². The molecular formula is C20H26N2O3S. The fourth-order valence-electron chi connectivity index (χ4n) is 2.65. The normalized spacial score (nSPS) is 13.0. The maximum Gasteiger partial charge on any atom is 0.251 e. The van der Waals surface area contributed by atoms with Crippen molar-refractivity contribution in [2.45, 2.75) is 44.7 Å². The van der Waals surface area contributed by atoms with Gasteiger partial charge in [-0.05, 0) is 63.1 Å². The third-order valence-electron chi connectivity index (χ3n) is 4.52. The maximum absolute atomic E-state index is 12.5. The van der Waals surface area contributed by atoms with Crippen molar-refractivity contribution in [3.05, 3.63) is 65.2 Å². The average Bonchev–Trinajstić information content (AvgIpc) is 2.61. The summed E-state index contributed by atoms with van der Waals surface area (Å²) in [5.74, 6) is -0.234. The summed E-state index contributed by atoms with van der Waals surface area (Å²) >= 11 is 0. The van der Waals surface area contributed by atoms with E-state index < -0.39 is 10.0 Å². The quantitative estimate of drug-likeness (QED) is 0.841. The van der Waals surface area contributed by atoms with Crippen LogP contribution in [0.5, 0.6) is 0 Å². The topological polar surface area (TPSA) is 66.5 Å². The van der Waals surface area contributed by atoms with Gasteiger partial charge < -0.3 is 5.32 Å². The number of aryl methyl sites for hydroxylation is 1. The predicted molar refractivity (Wildman–Crippen MR) is 104 cm³/mol.